The molecule has 8 heteroatoms. The molecule has 2 atom stereocenters. The van der Waals surface area contributed by atoms with Crippen molar-refractivity contribution in [2.75, 3.05) is 4.90 Å². The summed E-state index contributed by atoms with van der Waals surface area (Å²) in [5, 5.41) is 3.99. The molecule has 0 amide bonds. The summed E-state index contributed by atoms with van der Waals surface area (Å²) in [5.41, 5.74) is 5.69. The van der Waals surface area contributed by atoms with E-state index in [1.54, 1.807) is 16.8 Å². The molecule has 0 unspecified atom stereocenters. The number of halogens is 3. The Labute approximate surface area is 219 Å². The van der Waals surface area contributed by atoms with E-state index in [0.717, 1.165) is 39.8 Å². The van der Waals surface area contributed by atoms with Crippen LogP contribution in [0.15, 0.2) is 72.9 Å². The third-order valence-corrected chi connectivity index (χ3v) is 7.14. The summed E-state index contributed by atoms with van der Waals surface area (Å²) in [6.45, 7) is 7.77. The van der Waals surface area contributed by atoms with Gasteiger partial charge < -0.3 is 14.8 Å². The lowest BCUT2D eigenvalue weighted by molar-refractivity contribution is -0.137. The fourth-order valence-corrected chi connectivity index (χ4v) is 5.75. The molecule has 2 aromatic carbocycles. The third kappa shape index (κ3) is 4.50. The van der Waals surface area contributed by atoms with Crippen LogP contribution in [-0.4, -0.2) is 14.7 Å². The van der Waals surface area contributed by atoms with Crippen LogP contribution in [0.25, 0.3) is 5.69 Å². The van der Waals surface area contributed by atoms with Crippen LogP contribution in [0.3, 0.4) is 0 Å². The predicted octanol–water partition coefficient (Wildman–Crippen LogP) is 7.30. The number of thiocarbonyl (C=S) groups is 1. The lowest BCUT2D eigenvalue weighted by atomic mass is 9.96. The SMILES string of the molecule is Cc1cc(C)cc(N2C(=S)N[C@@H](c3ccccn3)[C@H]2c2cc(C)n(-c3ccccc3C(F)(F)F)c2C)c1. The maximum atomic E-state index is 13.9. The molecule has 0 spiro atoms. The first-order chi connectivity index (χ1) is 17.6. The van der Waals surface area contributed by atoms with Crippen molar-refractivity contribution < 1.29 is 13.2 Å². The minimum atomic E-state index is -4.47. The van der Waals surface area contributed by atoms with Gasteiger partial charge in [-0.3, -0.25) is 4.98 Å². The lowest BCUT2D eigenvalue weighted by Gasteiger charge is -2.29. The predicted molar refractivity (Wildman–Crippen MR) is 144 cm³/mol. The normalized spacial score (nSPS) is 17.8. The van der Waals surface area contributed by atoms with Crippen molar-refractivity contribution in [3.63, 3.8) is 0 Å². The van der Waals surface area contributed by atoms with Gasteiger partial charge in [0, 0.05) is 23.3 Å². The van der Waals surface area contributed by atoms with E-state index < -0.39 is 11.7 Å². The maximum Gasteiger partial charge on any atom is 0.418 e. The number of nitrogens with zero attached hydrogens (tertiary/aromatic N) is 3. The second kappa shape index (κ2) is 9.34. The molecule has 1 fully saturated rings. The van der Waals surface area contributed by atoms with Gasteiger partial charge in [-0.05, 0) is 99.1 Å². The van der Waals surface area contributed by atoms with E-state index in [9.17, 15) is 13.2 Å². The third-order valence-electron chi connectivity index (χ3n) is 6.82. The van der Waals surface area contributed by atoms with Gasteiger partial charge >= 0.3 is 6.18 Å². The number of alkyl halides is 3. The number of anilines is 1. The van der Waals surface area contributed by atoms with Crippen molar-refractivity contribution in [3.8, 4) is 5.69 Å². The second-order valence-electron chi connectivity index (χ2n) is 9.52. The Hall–Kier alpha value is -3.65. The van der Waals surface area contributed by atoms with E-state index in [0.29, 0.717) is 10.8 Å². The van der Waals surface area contributed by atoms with E-state index in [2.05, 4.69) is 33.4 Å². The van der Waals surface area contributed by atoms with Crippen molar-refractivity contribution in [2.24, 2.45) is 0 Å². The van der Waals surface area contributed by atoms with Crippen molar-refractivity contribution in [1.29, 1.82) is 0 Å². The number of benzene rings is 2. The summed E-state index contributed by atoms with van der Waals surface area (Å²) in [5.74, 6) is 0. The highest BCUT2D eigenvalue weighted by atomic mass is 32.1. The summed E-state index contributed by atoms with van der Waals surface area (Å²) in [4.78, 5) is 6.66. The van der Waals surface area contributed by atoms with Crippen molar-refractivity contribution in [1.82, 2.24) is 14.9 Å². The number of hydrogen-bond donors (Lipinski definition) is 1. The molecule has 0 radical (unpaired) electrons. The average molecular weight is 521 g/mol. The highest BCUT2D eigenvalue weighted by molar-refractivity contribution is 7.80. The molecule has 1 saturated heterocycles. The maximum absolute atomic E-state index is 13.9. The topological polar surface area (TPSA) is 33.1 Å². The zero-order valence-corrected chi connectivity index (χ0v) is 21.8. The number of hydrogen-bond acceptors (Lipinski definition) is 2. The summed E-state index contributed by atoms with van der Waals surface area (Å²) in [6.07, 6.45) is -2.74. The van der Waals surface area contributed by atoms with Gasteiger partial charge in [0.1, 0.15) is 0 Å². The monoisotopic (exact) mass is 520 g/mol. The standard InChI is InChI=1S/C29H27F3N4S/c1-17-13-18(2)15-21(14-17)36-27(26(34-28(36)37)24-10-7-8-12-33-24)22-16-19(3)35(20(22)4)25-11-6-5-9-23(25)29(30,31)32/h5-16,26-27H,1-4H3,(H,34,37)/t26-,27+/m0/s1. The van der Waals surface area contributed by atoms with Crippen molar-refractivity contribution in [3.05, 3.63) is 112 Å². The van der Waals surface area contributed by atoms with Gasteiger partial charge in [0.15, 0.2) is 5.11 Å². The molecule has 4 aromatic rings. The van der Waals surface area contributed by atoms with Crippen LogP contribution in [0.4, 0.5) is 18.9 Å². The van der Waals surface area contributed by atoms with Crippen molar-refractivity contribution in [2.45, 2.75) is 46.0 Å². The Kier molecular flexibility index (Phi) is 6.31. The van der Waals surface area contributed by atoms with Gasteiger partial charge in [-0.2, -0.15) is 13.2 Å². The van der Waals surface area contributed by atoms with Gasteiger partial charge in [0.25, 0.3) is 0 Å². The first-order valence-electron chi connectivity index (χ1n) is 12.0. The number of pyridine rings is 1. The molecule has 0 bridgehead atoms. The zero-order chi connectivity index (χ0) is 26.5. The van der Waals surface area contributed by atoms with Gasteiger partial charge in [-0.15, -0.1) is 0 Å². The van der Waals surface area contributed by atoms with Crippen LogP contribution < -0.4 is 10.2 Å². The average Bonchev–Trinajstić information content (AvgIpc) is 3.33. The fraction of sp³-hybridized carbons (Fsp3) is 0.241. The lowest BCUT2D eigenvalue weighted by Crippen LogP contribution is -2.29. The van der Waals surface area contributed by atoms with E-state index in [-0.39, 0.29) is 17.8 Å². The Bertz CT molecular complexity index is 1460. The Morgan fingerprint density at radius 3 is 2.22 bits per heavy atom. The van der Waals surface area contributed by atoms with Crippen LogP contribution in [0.2, 0.25) is 0 Å². The Morgan fingerprint density at radius 2 is 1.57 bits per heavy atom. The fourth-order valence-electron chi connectivity index (χ4n) is 5.40. The number of rotatable bonds is 4. The summed E-state index contributed by atoms with van der Waals surface area (Å²) in [7, 11) is 0. The van der Waals surface area contributed by atoms with Gasteiger partial charge in [0.2, 0.25) is 0 Å². The smallest absolute Gasteiger partial charge is 0.351 e. The highest BCUT2D eigenvalue weighted by Gasteiger charge is 2.43. The molecule has 4 nitrogen and oxygen atoms in total. The molecule has 1 N–H and O–H groups in total. The Balaban J connectivity index is 1.72. The van der Waals surface area contributed by atoms with Crippen molar-refractivity contribution >= 4 is 23.0 Å². The molecule has 5 rings (SSSR count). The molecule has 1 aliphatic heterocycles. The zero-order valence-electron chi connectivity index (χ0n) is 21.0. The minimum Gasteiger partial charge on any atom is -0.351 e. The van der Waals surface area contributed by atoms with Crippen LogP contribution in [0.1, 0.15) is 51.4 Å². The number of para-hydroxylation sites is 1. The number of aryl methyl sites for hydroxylation is 3. The van der Waals surface area contributed by atoms with Crippen LogP contribution in [0, 0.1) is 27.7 Å². The molecule has 0 saturated carbocycles. The minimum absolute atomic E-state index is 0.108. The molecule has 3 heterocycles. The molecule has 190 valence electrons. The number of nitrogens with one attached hydrogen (secondary N) is 1. The van der Waals surface area contributed by atoms with E-state index >= 15 is 0 Å². The van der Waals surface area contributed by atoms with Crippen LogP contribution in [0.5, 0.6) is 0 Å². The van der Waals surface area contributed by atoms with E-state index in [4.69, 9.17) is 12.2 Å². The largest absolute Gasteiger partial charge is 0.418 e. The van der Waals surface area contributed by atoms with Gasteiger partial charge in [-0.25, -0.2) is 0 Å². The van der Waals surface area contributed by atoms with Gasteiger partial charge in [-0.1, -0.05) is 24.3 Å². The molecule has 0 aliphatic carbocycles. The Morgan fingerprint density at radius 1 is 0.892 bits per heavy atom. The summed E-state index contributed by atoms with van der Waals surface area (Å²) >= 11 is 5.84. The van der Waals surface area contributed by atoms with E-state index in [1.807, 2.05) is 52.0 Å². The molecule has 2 aromatic heterocycles. The summed E-state index contributed by atoms with van der Waals surface area (Å²) in [6, 6.07) is 19.0. The van der Waals surface area contributed by atoms with Gasteiger partial charge in [0.05, 0.1) is 29.0 Å². The highest BCUT2D eigenvalue weighted by Crippen LogP contribution is 2.45. The first-order valence-corrected chi connectivity index (χ1v) is 12.4. The number of aromatic nitrogens is 2. The quantitative estimate of drug-likeness (QED) is 0.286. The summed E-state index contributed by atoms with van der Waals surface area (Å²) < 4.78 is 43.5. The molecule has 1 aliphatic rings. The molecule has 37 heavy (non-hydrogen) atoms. The molecular weight excluding hydrogens is 493 g/mol. The van der Waals surface area contributed by atoms with Crippen LogP contribution in [-0.2, 0) is 6.18 Å². The second-order valence-corrected chi connectivity index (χ2v) is 9.91. The molecular formula is C29H27F3N4S. The van der Waals surface area contributed by atoms with Crippen LogP contribution >= 0.6 is 12.2 Å². The van der Waals surface area contributed by atoms with E-state index in [1.165, 1.54) is 12.1 Å². The first kappa shape index (κ1) is 25.0.